The molecule has 0 atom stereocenters. The molecule has 2 rings (SSSR count). The molecule has 2 heterocycles. The van der Waals surface area contributed by atoms with Crippen molar-refractivity contribution in [1.29, 1.82) is 0 Å². The zero-order valence-corrected chi connectivity index (χ0v) is 11.2. The molecule has 0 aliphatic rings. The minimum Gasteiger partial charge on any atom is -0.275 e. The van der Waals surface area contributed by atoms with Crippen LogP contribution in [-0.4, -0.2) is 19.6 Å². The lowest BCUT2D eigenvalue weighted by molar-refractivity contribution is 0.630. The molecule has 0 radical (unpaired) electrons. The zero-order valence-electron chi connectivity index (χ0n) is 9.03. The number of aromatic nitrogens is 4. The van der Waals surface area contributed by atoms with Crippen LogP contribution in [0.1, 0.15) is 17.1 Å². The SMILES string of the molecule is Cc1nn(Cc2ccn(C)n2)c(C)c1I. The molecule has 4 nitrogen and oxygen atoms in total. The maximum Gasteiger partial charge on any atom is 0.0853 e. The van der Waals surface area contributed by atoms with E-state index in [2.05, 4.69) is 39.7 Å². The fourth-order valence-electron chi connectivity index (χ4n) is 1.53. The molecular weight excluding hydrogens is 303 g/mol. The van der Waals surface area contributed by atoms with Gasteiger partial charge < -0.3 is 0 Å². The van der Waals surface area contributed by atoms with E-state index in [1.165, 1.54) is 9.26 Å². The second-order valence-electron chi connectivity index (χ2n) is 3.62. The average molecular weight is 316 g/mol. The first kappa shape index (κ1) is 10.7. The summed E-state index contributed by atoms with van der Waals surface area (Å²) in [5.74, 6) is 0. The molecule has 0 unspecified atom stereocenters. The zero-order chi connectivity index (χ0) is 11.0. The number of hydrogen-bond donors (Lipinski definition) is 0. The normalized spacial score (nSPS) is 10.9. The summed E-state index contributed by atoms with van der Waals surface area (Å²) in [6.07, 6.45) is 1.95. The second-order valence-corrected chi connectivity index (χ2v) is 4.70. The third-order valence-electron chi connectivity index (χ3n) is 2.37. The summed E-state index contributed by atoms with van der Waals surface area (Å²) in [5.41, 5.74) is 3.34. The molecule has 0 N–H and O–H groups in total. The van der Waals surface area contributed by atoms with Crippen molar-refractivity contribution >= 4 is 22.6 Å². The van der Waals surface area contributed by atoms with E-state index >= 15 is 0 Å². The van der Waals surface area contributed by atoms with Gasteiger partial charge in [0.25, 0.3) is 0 Å². The van der Waals surface area contributed by atoms with Gasteiger partial charge in [-0.05, 0) is 42.5 Å². The van der Waals surface area contributed by atoms with Crippen LogP contribution >= 0.6 is 22.6 Å². The molecule has 15 heavy (non-hydrogen) atoms. The third kappa shape index (κ3) is 2.06. The van der Waals surface area contributed by atoms with Crippen LogP contribution in [0, 0.1) is 17.4 Å². The lowest BCUT2D eigenvalue weighted by Crippen LogP contribution is -2.05. The summed E-state index contributed by atoms with van der Waals surface area (Å²) in [4.78, 5) is 0. The highest BCUT2D eigenvalue weighted by Gasteiger charge is 2.09. The lowest BCUT2D eigenvalue weighted by atomic mass is 10.4. The van der Waals surface area contributed by atoms with Gasteiger partial charge >= 0.3 is 0 Å². The first-order valence-electron chi connectivity index (χ1n) is 4.76. The highest BCUT2D eigenvalue weighted by molar-refractivity contribution is 14.1. The van der Waals surface area contributed by atoms with Gasteiger partial charge in [0.1, 0.15) is 0 Å². The summed E-state index contributed by atoms with van der Waals surface area (Å²) in [6.45, 7) is 4.87. The van der Waals surface area contributed by atoms with Crippen LogP contribution in [0.3, 0.4) is 0 Å². The summed E-state index contributed by atoms with van der Waals surface area (Å²) < 4.78 is 5.05. The molecule has 2 aromatic rings. The number of aryl methyl sites for hydroxylation is 2. The molecule has 5 heteroatoms. The van der Waals surface area contributed by atoms with Gasteiger partial charge in [0.05, 0.1) is 21.5 Å². The quantitative estimate of drug-likeness (QED) is 0.793. The Labute approximate surface area is 102 Å². The molecule has 0 aromatic carbocycles. The summed E-state index contributed by atoms with van der Waals surface area (Å²) in [5, 5.41) is 8.81. The van der Waals surface area contributed by atoms with Gasteiger partial charge in [-0.1, -0.05) is 0 Å². The van der Waals surface area contributed by atoms with E-state index in [0.29, 0.717) is 0 Å². The van der Waals surface area contributed by atoms with E-state index in [-0.39, 0.29) is 0 Å². The maximum absolute atomic E-state index is 4.47. The summed E-state index contributed by atoms with van der Waals surface area (Å²) >= 11 is 2.33. The number of hydrogen-bond acceptors (Lipinski definition) is 2. The highest BCUT2D eigenvalue weighted by atomic mass is 127. The Bertz CT molecular complexity index is 484. The van der Waals surface area contributed by atoms with Crippen LogP contribution in [0.25, 0.3) is 0 Å². The minimum absolute atomic E-state index is 0.747. The predicted molar refractivity (Wildman–Crippen MR) is 66.7 cm³/mol. The van der Waals surface area contributed by atoms with Crippen molar-refractivity contribution < 1.29 is 0 Å². The molecule has 0 bridgehead atoms. The van der Waals surface area contributed by atoms with Crippen molar-refractivity contribution in [3.63, 3.8) is 0 Å². The number of halogens is 1. The summed E-state index contributed by atoms with van der Waals surface area (Å²) in [7, 11) is 1.93. The van der Waals surface area contributed by atoms with Gasteiger partial charge in [-0.3, -0.25) is 9.36 Å². The second kappa shape index (κ2) is 3.96. The average Bonchev–Trinajstić information content (AvgIpc) is 2.68. The molecule has 0 aliphatic heterocycles. The Morgan fingerprint density at radius 1 is 1.33 bits per heavy atom. The Morgan fingerprint density at radius 3 is 2.53 bits per heavy atom. The van der Waals surface area contributed by atoms with Gasteiger partial charge in [-0.25, -0.2) is 0 Å². The first-order valence-corrected chi connectivity index (χ1v) is 5.84. The fourth-order valence-corrected chi connectivity index (χ4v) is 1.92. The number of nitrogens with zero attached hydrogens (tertiary/aromatic N) is 4. The largest absolute Gasteiger partial charge is 0.275 e. The third-order valence-corrected chi connectivity index (χ3v) is 3.93. The molecular formula is C10H13IN4. The van der Waals surface area contributed by atoms with Crippen LogP contribution in [0.5, 0.6) is 0 Å². The fraction of sp³-hybridized carbons (Fsp3) is 0.400. The number of rotatable bonds is 2. The van der Waals surface area contributed by atoms with E-state index in [4.69, 9.17) is 0 Å². The topological polar surface area (TPSA) is 35.6 Å². The van der Waals surface area contributed by atoms with Crippen molar-refractivity contribution in [2.75, 3.05) is 0 Å². The molecule has 0 fully saturated rings. The molecule has 0 saturated carbocycles. The van der Waals surface area contributed by atoms with Crippen LogP contribution in [0.4, 0.5) is 0 Å². The van der Waals surface area contributed by atoms with Gasteiger partial charge in [-0.2, -0.15) is 10.2 Å². The Hall–Kier alpha value is -0.850. The van der Waals surface area contributed by atoms with Crippen molar-refractivity contribution in [3.8, 4) is 0 Å². The van der Waals surface area contributed by atoms with Crippen LogP contribution in [0.2, 0.25) is 0 Å². The monoisotopic (exact) mass is 316 g/mol. The van der Waals surface area contributed by atoms with Gasteiger partial charge in [0.15, 0.2) is 0 Å². The van der Waals surface area contributed by atoms with Crippen LogP contribution in [-0.2, 0) is 13.6 Å². The lowest BCUT2D eigenvalue weighted by Gasteiger charge is -2.00. The molecule has 0 aliphatic carbocycles. The Kier molecular flexibility index (Phi) is 2.81. The summed E-state index contributed by atoms with van der Waals surface area (Å²) in [6, 6.07) is 2.02. The van der Waals surface area contributed by atoms with Gasteiger partial charge in [-0.15, -0.1) is 0 Å². The van der Waals surface area contributed by atoms with E-state index in [0.717, 1.165) is 17.9 Å². The van der Waals surface area contributed by atoms with E-state index < -0.39 is 0 Å². The molecule has 0 saturated heterocycles. The highest BCUT2D eigenvalue weighted by Crippen LogP contribution is 2.15. The van der Waals surface area contributed by atoms with Crippen molar-refractivity contribution in [1.82, 2.24) is 19.6 Å². The Morgan fingerprint density at radius 2 is 2.07 bits per heavy atom. The van der Waals surface area contributed by atoms with Crippen LogP contribution < -0.4 is 0 Å². The van der Waals surface area contributed by atoms with Crippen molar-refractivity contribution in [3.05, 3.63) is 32.9 Å². The molecule has 0 amide bonds. The van der Waals surface area contributed by atoms with Gasteiger partial charge in [0.2, 0.25) is 0 Å². The van der Waals surface area contributed by atoms with E-state index in [9.17, 15) is 0 Å². The van der Waals surface area contributed by atoms with Crippen molar-refractivity contribution in [2.45, 2.75) is 20.4 Å². The smallest absolute Gasteiger partial charge is 0.0853 e. The molecule has 2 aromatic heterocycles. The predicted octanol–water partition coefficient (Wildman–Crippen LogP) is 1.89. The standard InChI is InChI=1S/C10H13IN4/c1-7-10(11)8(2)15(12-7)6-9-4-5-14(3)13-9/h4-5H,6H2,1-3H3. The van der Waals surface area contributed by atoms with Crippen LogP contribution in [0.15, 0.2) is 12.3 Å². The minimum atomic E-state index is 0.747. The van der Waals surface area contributed by atoms with E-state index in [1.807, 2.05) is 35.6 Å². The van der Waals surface area contributed by atoms with Gasteiger partial charge in [0, 0.05) is 18.9 Å². The van der Waals surface area contributed by atoms with Crippen molar-refractivity contribution in [2.24, 2.45) is 7.05 Å². The maximum atomic E-state index is 4.47. The molecule has 0 spiro atoms. The van der Waals surface area contributed by atoms with E-state index in [1.54, 1.807) is 0 Å². The molecule has 80 valence electrons. The first-order chi connectivity index (χ1) is 7.08. The Balaban J connectivity index is 2.28.